The number of fused-ring (bicyclic) bond motifs is 2. The highest BCUT2D eigenvalue weighted by Gasteiger charge is 2.30. The molecule has 356 valence electrons. The zero-order valence-electron chi connectivity index (χ0n) is 37.2. The Morgan fingerprint density at radius 1 is 0.574 bits per heavy atom. The number of piperazine rings is 2. The number of allylic oxidation sites excluding steroid dienone is 1. The third kappa shape index (κ3) is 11.2. The van der Waals surface area contributed by atoms with Gasteiger partial charge in [-0.1, -0.05) is 13.2 Å². The van der Waals surface area contributed by atoms with E-state index in [0.29, 0.717) is 76.1 Å². The summed E-state index contributed by atoms with van der Waals surface area (Å²) in [6.45, 7) is 16.5. The fraction of sp³-hybridized carbons (Fsp3) is 0.271. The van der Waals surface area contributed by atoms with Crippen LogP contribution in [-0.2, 0) is 14.3 Å². The Hall–Kier alpha value is -7.51. The molecule has 20 heteroatoms. The summed E-state index contributed by atoms with van der Waals surface area (Å²) in [6, 6.07) is 7.04. The average molecular weight is 949 g/mol. The summed E-state index contributed by atoms with van der Waals surface area (Å²) in [7, 11) is 0. The van der Waals surface area contributed by atoms with Gasteiger partial charge in [-0.3, -0.25) is 9.59 Å². The molecule has 0 radical (unpaired) electrons. The van der Waals surface area contributed by atoms with Crippen molar-refractivity contribution in [3.8, 4) is 22.3 Å². The number of hydrogen-bond donors (Lipinski definition) is 0. The molecule has 0 saturated carbocycles. The first-order valence-corrected chi connectivity index (χ1v) is 20.9. The molecule has 2 aromatic heterocycles. The molecule has 2 amide bonds. The number of amides is 2. The van der Waals surface area contributed by atoms with Gasteiger partial charge in [-0.15, -0.1) is 0 Å². The minimum absolute atomic E-state index is 0.0185. The van der Waals surface area contributed by atoms with Crippen LogP contribution in [0, 0.1) is 46.5 Å². The minimum atomic E-state index is -1.08. The van der Waals surface area contributed by atoms with Gasteiger partial charge in [0.05, 0.1) is 11.1 Å². The van der Waals surface area contributed by atoms with Gasteiger partial charge in [0.25, 0.3) is 0 Å². The van der Waals surface area contributed by atoms with Crippen molar-refractivity contribution in [1.82, 2.24) is 29.7 Å². The highest BCUT2D eigenvalue weighted by molar-refractivity contribution is 5.95. The molecule has 4 aromatic carbocycles. The molecule has 2 fully saturated rings. The number of halogens is 8. The number of anilines is 2. The Labute approximate surface area is 385 Å². The van der Waals surface area contributed by atoms with Crippen molar-refractivity contribution < 1.29 is 54.2 Å². The van der Waals surface area contributed by atoms with Crippen LogP contribution in [0.2, 0.25) is 0 Å². The molecule has 0 bridgehead atoms. The molecule has 6 aromatic rings. The van der Waals surface area contributed by atoms with Gasteiger partial charge in [0, 0.05) is 86.4 Å². The summed E-state index contributed by atoms with van der Waals surface area (Å²) in [4.78, 5) is 56.7. The van der Waals surface area contributed by atoms with Gasteiger partial charge in [0.2, 0.25) is 5.91 Å². The Bertz CT molecular complexity index is 2920. The SMILES string of the molecule is C=CC(=O)N1CCN(c2ncnc3c(F)c(-c4ccc(F)cc4F)c(F)cc23)CC1.C=CC(C)=O.CC(C)(C)OC(=O)N1CCN(c2ncnc3c(F)c(-c4ccc(F)cc4F)c(F)cc23)CC1. The summed E-state index contributed by atoms with van der Waals surface area (Å²) in [5.41, 5.74) is -3.03. The molecule has 0 aliphatic carbocycles. The van der Waals surface area contributed by atoms with Crippen LogP contribution in [0.15, 0.2) is 86.5 Å². The monoisotopic (exact) mass is 948 g/mol. The Balaban J connectivity index is 0.000000204. The van der Waals surface area contributed by atoms with Crippen LogP contribution >= 0.6 is 0 Å². The van der Waals surface area contributed by atoms with E-state index >= 15 is 8.78 Å². The molecular weight excluding hydrogens is 905 g/mol. The molecule has 0 spiro atoms. The smallest absolute Gasteiger partial charge is 0.410 e. The summed E-state index contributed by atoms with van der Waals surface area (Å²) in [5.74, 6) is -7.58. The number of benzene rings is 4. The van der Waals surface area contributed by atoms with Crippen molar-refractivity contribution in [2.45, 2.75) is 33.3 Å². The lowest BCUT2D eigenvalue weighted by Crippen LogP contribution is -2.50. The van der Waals surface area contributed by atoms with Crippen LogP contribution in [0.1, 0.15) is 27.7 Å². The number of ketones is 1. The third-order valence-electron chi connectivity index (χ3n) is 10.6. The molecular formula is C48H44F8N8O4. The van der Waals surface area contributed by atoms with Crippen LogP contribution in [0.25, 0.3) is 44.1 Å². The van der Waals surface area contributed by atoms with Gasteiger partial charge in [-0.25, -0.2) is 59.9 Å². The standard InChI is InChI=1S/C23H22F4N4O2.C21H16F4N4O.C4H6O/c1-23(2,3)33-22(32)31-8-6-30(7-9-31)21-15-11-17(26)18(19(27)20(15)28-12-29-21)14-5-4-13(24)10-16(14)25;1-2-17(30)28-5-7-29(8-6-28)21-14-10-16(24)18(19(25)20(14)26-11-27-21)13-4-3-12(22)9-15(13)23;1-3-4(2)5/h4-5,10-12H,6-9H2,1-3H3;2-4,9-11H,1,5-8H2;3H,1H2,2H3. The second-order valence-electron chi connectivity index (χ2n) is 16.3. The topological polar surface area (TPSA) is 125 Å². The van der Waals surface area contributed by atoms with Crippen molar-refractivity contribution >= 4 is 51.2 Å². The molecule has 8 rings (SSSR count). The first kappa shape index (κ1) is 49.9. The first-order valence-electron chi connectivity index (χ1n) is 20.9. The molecule has 68 heavy (non-hydrogen) atoms. The van der Waals surface area contributed by atoms with E-state index in [-0.39, 0.29) is 33.5 Å². The fourth-order valence-corrected chi connectivity index (χ4v) is 7.31. The van der Waals surface area contributed by atoms with Crippen molar-refractivity contribution in [3.05, 3.63) is 133 Å². The predicted molar refractivity (Wildman–Crippen MR) is 239 cm³/mol. The molecule has 0 atom stereocenters. The summed E-state index contributed by atoms with van der Waals surface area (Å²) >= 11 is 0. The first-order chi connectivity index (χ1) is 32.2. The molecule has 0 N–H and O–H groups in total. The lowest BCUT2D eigenvalue weighted by atomic mass is 10.0. The van der Waals surface area contributed by atoms with Crippen LogP contribution in [0.3, 0.4) is 0 Å². The van der Waals surface area contributed by atoms with Crippen LogP contribution in [-0.4, -0.2) is 105 Å². The summed E-state index contributed by atoms with van der Waals surface area (Å²) in [6.07, 6.45) is 4.36. The summed E-state index contributed by atoms with van der Waals surface area (Å²) < 4.78 is 120. The molecule has 2 aliphatic rings. The molecule has 4 heterocycles. The van der Waals surface area contributed by atoms with Crippen LogP contribution in [0.4, 0.5) is 51.6 Å². The molecule has 2 aliphatic heterocycles. The highest BCUT2D eigenvalue weighted by atomic mass is 19.2. The Morgan fingerprint density at radius 3 is 1.32 bits per heavy atom. The Morgan fingerprint density at radius 2 is 0.971 bits per heavy atom. The maximum absolute atomic E-state index is 15.3. The lowest BCUT2D eigenvalue weighted by Gasteiger charge is -2.36. The maximum Gasteiger partial charge on any atom is 0.410 e. The zero-order valence-corrected chi connectivity index (χ0v) is 37.2. The fourth-order valence-electron chi connectivity index (χ4n) is 7.31. The van der Waals surface area contributed by atoms with Crippen molar-refractivity contribution in [1.29, 1.82) is 0 Å². The normalized spacial score (nSPS) is 13.9. The van der Waals surface area contributed by atoms with E-state index < -0.39 is 80.5 Å². The number of carbonyl (C=O) groups excluding carboxylic acids is 3. The third-order valence-corrected chi connectivity index (χ3v) is 10.6. The van der Waals surface area contributed by atoms with E-state index in [9.17, 15) is 40.7 Å². The van der Waals surface area contributed by atoms with Gasteiger partial charge in [-0.2, -0.15) is 0 Å². The van der Waals surface area contributed by atoms with E-state index in [4.69, 9.17) is 4.74 Å². The Kier molecular flexibility index (Phi) is 15.4. The number of nitrogens with zero attached hydrogens (tertiary/aromatic N) is 8. The van der Waals surface area contributed by atoms with Crippen LogP contribution in [0.5, 0.6) is 0 Å². The van der Waals surface area contributed by atoms with Crippen molar-refractivity contribution in [3.63, 3.8) is 0 Å². The lowest BCUT2D eigenvalue weighted by molar-refractivity contribution is -0.126. The quantitative estimate of drug-likeness (QED) is 0.118. The number of hydrogen-bond acceptors (Lipinski definition) is 10. The maximum atomic E-state index is 15.3. The molecule has 12 nitrogen and oxygen atoms in total. The van der Waals surface area contributed by atoms with Gasteiger partial charge < -0.3 is 24.3 Å². The number of carbonyl (C=O) groups is 3. The predicted octanol–water partition coefficient (Wildman–Crippen LogP) is 9.36. The van der Waals surface area contributed by atoms with E-state index in [0.717, 1.165) is 49.1 Å². The summed E-state index contributed by atoms with van der Waals surface area (Å²) in [5, 5.41) is 0.242. The van der Waals surface area contributed by atoms with E-state index in [1.807, 2.05) is 0 Å². The van der Waals surface area contributed by atoms with Crippen LogP contribution < -0.4 is 9.80 Å². The van der Waals surface area contributed by atoms with Crippen molar-refractivity contribution in [2.24, 2.45) is 0 Å². The number of rotatable bonds is 6. The zero-order chi connectivity index (χ0) is 49.6. The second-order valence-corrected chi connectivity index (χ2v) is 16.3. The van der Waals surface area contributed by atoms with Crippen molar-refractivity contribution in [2.75, 3.05) is 62.2 Å². The molecule has 2 saturated heterocycles. The highest BCUT2D eigenvalue weighted by Crippen LogP contribution is 2.37. The van der Waals surface area contributed by atoms with Gasteiger partial charge in [0.1, 0.15) is 75.8 Å². The average Bonchev–Trinajstić information content (AvgIpc) is 3.29. The van der Waals surface area contributed by atoms with E-state index in [1.54, 1.807) is 40.4 Å². The number of aromatic nitrogens is 4. The largest absolute Gasteiger partial charge is 0.444 e. The van der Waals surface area contributed by atoms with Gasteiger partial charge in [0.15, 0.2) is 17.4 Å². The second kappa shape index (κ2) is 21.0. The minimum Gasteiger partial charge on any atom is -0.444 e. The van der Waals surface area contributed by atoms with Gasteiger partial charge in [-0.05, 0) is 76.2 Å². The van der Waals surface area contributed by atoms with E-state index in [1.165, 1.54) is 19.1 Å². The number of ether oxygens (including phenoxy) is 1. The van der Waals surface area contributed by atoms with Gasteiger partial charge >= 0.3 is 6.09 Å². The van der Waals surface area contributed by atoms with E-state index in [2.05, 4.69) is 33.1 Å². The molecule has 0 unspecified atom stereocenters.